The SMILES string of the molecule is N#Cc1ccc(C(O)CN2CCC(C(N)=O)c3ccccc32)cc1. The first-order valence-corrected chi connectivity index (χ1v) is 7.91. The van der Waals surface area contributed by atoms with Gasteiger partial charge in [-0.2, -0.15) is 5.26 Å². The average molecular weight is 321 g/mol. The Bertz CT molecular complexity index is 780. The lowest BCUT2D eigenvalue weighted by Gasteiger charge is -2.35. The molecule has 0 radical (unpaired) electrons. The minimum atomic E-state index is -0.670. The first kappa shape index (κ1) is 16.0. The van der Waals surface area contributed by atoms with Crippen LogP contribution in [0.3, 0.4) is 0 Å². The van der Waals surface area contributed by atoms with Crippen molar-refractivity contribution in [1.29, 1.82) is 5.26 Å². The van der Waals surface area contributed by atoms with Crippen molar-refractivity contribution in [1.82, 2.24) is 0 Å². The van der Waals surface area contributed by atoms with Crippen molar-refractivity contribution in [2.75, 3.05) is 18.0 Å². The number of carbonyl (C=O) groups is 1. The third-order valence-corrected chi connectivity index (χ3v) is 4.50. The van der Waals surface area contributed by atoms with Crippen molar-refractivity contribution in [3.8, 4) is 6.07 Å². The Kier molecular flexibility index (Phi) is 4.50. The lowest BCUT2D eigenvalue weighted by atomic mass is 9.89. The van der Waals surface area contributed by atoms with Crippen LogP contribution < -0.4 is 10.6 Å². The molecule has 0 saturated carbocycles. The second-order valence-corrected chi connectivity index (χ2v) is 6.00. The van der Waals surface area contributed by atoms with E-state index in [1.807, 2.05) is 24.3 Å². The van der Waals surface area contributed by atoms with Gasteiger partial charge in [0.1, 0.15) is 0 Å². The quantitative estimate of drug-likeness (QED) is 0.902. The van der Waals surface area contributed by atoms with E-state index in [2.05, 4.69) is 11.0 Å². The normalized spacial score (nSPS) is 17.7. The Labute approximate surface area is 140 Å². The molecular weight excluding hydrogens is 302 g/mol. The Morgan fingerprint density at radius 2 is 2.00 bits per heavy atom. The van der Waals surface area contributed by atoms with Crippen LogP contribution in [0.4, 0.5) is 5.69 Å². The molecule has 0 aliphatic carbocycles. The second-order valence-electron chi connectivity index (χ2n) is 6.00. The zero-order chi connectivity index (χ0) is 17.1. The van der Waals surface area contributed by atoms with E-state index in [1.165, 1.54) is 0 Å². The smallest absolute Gasteiger partial charge is 0.225 e. The largest absolute Gasteiger partial charge is 0.387 e. The van der Waals surface area contributed by atoms with Crippen molar-refractivity contribution in [3.05, 3.63) is 65.2 Å². The minimum Gasteiger partial charge on any atom is -0.387 e. The topological polar surface area (TPSA) is 90.3 Å². The van der Waals surface area contributed by atoms with Crippen molar-refractivity contribution in [2.24, 2.45) is 5.73 Å². The molecule has 0 bridgehead atoms. The molecule has 2 aromatic carbocycles. The Hall–Kier alpha value is -2.84. The summed E-state index contributed by atoms with van der Waals surface area (Å²) in [6, 6.07) is 16.7. The maximum Gasteiger partial charge on any atom is 0.225 e. The van der Waals surface area contributed by atoms with Gasteiger partial charge in [0.2, 0.25) is 5.91 Å². The van der Waals surface area contributed by atoms with Crippen molar-refractivity contribution < 1.29 is 9.90 Å². The van der Waals surface area contributed by atoms with E-state index >= 15 is 0 Å². The number of hydrogen-bond donors (Lipinski definition) is 2. The fourth-order valence-corrected chi connectivity index (χ4v) is 3.21. The number of aliphatic hydroxyl groups is 1. The van der Waals surface area contributed by atoms with E-state index in [4.69, 9.17) is 11.0 Å². The molecule has 1 aliphatic rings. The Balaban J connectivity index is 1.81. The van der Waals surface area contributed by atoms with Crippen molar-refractivity contribution in [2.45, 2.75) is 18.4 Å². The second kappa shape index (κ2) is 6.73. The first-order chi connectivity index (χ1) is 11.6. The molecule has 0 aromatic heterocycles. The van der Waals surface area contributed by atoms with Crippen LogP contribution in [-0.2, 0) is 4.79 Å². The van der Waals surface area contributed by atoms with E-state index in [0.29, 0.717) is 25.1 Å². The summed E-state index contributed by atoms with van der Waals surface area (Å²) in [7, 11) is 0. The van der Waals surface area contributed by atoms with Gasteiger partial charge < -0.3 is 15.7 Å². The number of nitriles is 1. The number of carbonyl (C=O) groups excluding carboxylic acids is 1. The highest BCUT2D eigenvalue weighted by Gasteiger charge is 2.29. The highest BCUT2D eigenvalue weighted by molar-refractivity contribution is 5.85. The molecule has 0 saturated heterocycles. The number of anilines is 1. The number of rotatable bonds is 4. The van der Waals surface area contributed by atoms with Crippen LogP contribution in [0.25, 0.3) is 0 Å². The van der Waals surface area contributed by atoms with E-state index in [1.54, 1.807) is 24.3 Å². The number of amides is 1. The highest BCUT2D eigenvalue weighted by Crippen LogP contribution is 2.35. The van der Waals surface area contributed by atoms with Crippen LogP contribution in [0.15, 0.2) is 48.5 Å². The molecule has 1 amide bonds. The number of benzene rings is 2. The van der Waals surface area contributed by atoms with Crippen LogP contribution in [0, 0.1) is 11.3 Å². The molecule has 0 spiro atoms. The molecule has 2 aromatic rings. The summed E-state index contributed by atoms with van der Waals surface area (Å²) in [6.45, 7) is 1.09. The Morgan fingerprint density at radius 1 is 1.29 bits per heavy atom. The summed E-state index contributed by atoms with van der Waals surface area (Å²) in [6.07, 6.45) is -0.0252. The van der Waals surface area contributed by atoms with Gasteiger partial charge in [-0.15, -0.1) is 0 Å². The lowest BCUT2D eigenvalue weighted by molar-refractivity contribution is -0.119. The average Bonchev–Trinajstić information content (AvgIpc) is 2.61. The minimum absolute atomic E-state index is 0.274. The van der Waals surface area contributed by atoms with Gasteiger partial charge >= 0.3 is 0 Å². The molecule has 3 rings (SSSR count). The Morgan fingerprint density at radius 3 is 2.67 bits per heavy atom. The van der Waals surface area contributed by atoms with Crippen LogP contribution in [0.1, 0.15) is 35.1 Å². The van der Waals surface area contributed by atoms with Gasteiger partial charge in [-0.25, -0.2) is 0 Å². The van der Waals surface area contributed by atoms with Crippen LogP contribution in [0.2, 0.25) is 0 Å². The number of nitrogens with zero attached hydrogens (tertiary/aromatic N) is 2. The third-order valence-electron chi connectivity index (χ3n) is 4.50. The molecule has 0 fully saturated rings. The molecule has 24 heavy (non-hydrogen) atoms. The summed E-state index contributed by atoms with van der Waals surface area (Å²) in [4.78, 5) is 13.7. The molecule has 2 unspecified atom stereocenters. The third kappa shape index (κ3) is 3.10. The molecule has 3 N–H and O–H groups in total. The van der Waals surface area contributed by atoms with Gasteiger partial charge in [-0.05, 0) is 35.7 Å². The molecule has 1 heterocycles. The monoisotopic (exact) mass is 321 g/mol. The number of aliphatic hydroxyl groups excluding tert-OH is 1. The fraction of sp³-hybridized carbons (Fsp3) is 0.263. The lowest BCUT2D eigenvalue weighted by Crippen LogP contribution is -2.37. The summed E-state index contributed by atoms with van der Waals surface area (Å²) in [5.74, 6) is -0.584. The van der Waals surface area contributed by atoms with Crippen molar-refractivity contribution in [3.63, 3.8) is 0 Å². The molecule has 1 aliphatic heterocycles. The number of hydrogen-bond acceptors (Lipinski definition) is 4. The van der Waals surface area contributed by atoms with Gasteiger partial charge in [0.25, 0.3) is 0 Å². The zero-order valence-electron chi connectivity index (χ0n) is 13.2. The predicted molar refractivity (Wildman–Crippen MR) is 91.3 cm³/mol. The maximum atomic E-state index is 11.7. The number of para-hydroxylation sites is 1. The molecule has 122 valence electrons. The first-order valence-electron chi connectivity index (χ1n) is 7.91. The van der Waals surface area contributed by atoms with Gasteiger partial charge in [-0.3, -0.25) is 4.79 Å². The van der Waals surface area contributed by atoms with Gasteiger partial charge in [0.15, 0.2) is 0 Å². The van der Waals surface area contributed by atoms with E-state index in [-0.39, 0.29) is 11.8 Å². The number of nitrogens with two attached hydrogens (primary N) is 1. The van der Waals surface area contributed by atoms with Crippen LogP contribution in [0.5, 0.6) is 0 Å². The van der Waals surface area contributed by atoms with Crippen LogP contribution >= 0.6 is 0 Å². The standard InChI is InChI=1S/C19H19N3O2/c20-11-13-5-7-14(8-6-13)18(23)12-22-10-9-16(19(21)24)15-3-1-2-4-17(15)22/h1-8,16,18,23H,9-10,12H2,(H2,21,24). The molecule has 5 heteroatoms. The fourth-order valence-electron chi connectivity index (χ4n) is 3.21. The highest BCUT2D eigenvalue weighted by atomic mass is 16.3. The van der Waals surface area contributed by atoms with Crippen molar-refractivity contribution >= 4 is 11.6 Å². The molecular formula is C19H19N3O2. The van der Waals surface area contributed by atoms with E-state index < -0.39 is 6.10 Å². The number of primary amides is 1. The number of β-amino-alcohol motifs (C(OH)–C–C–N with tert-alkyl or cyclic N) is 1. The van der Waals surface area contributed by atoms with Gasteiger partial charge in [0, 0.05) is 18.8 Å². The molecule has 2 atom stereocenters. The zero-order valence-corrected chi connectivity index (χ0v) is 13.2. The maximum absolute atomic E-state index is 11.7. The summed E-state index contributed by atoms with van der Waals surface area (Å²) < 4.78 is 0. The molecule has 5 nitrogen and oxygen atoms in total. The summed E-state index contributed by atoms with van der Waals surface area (Å²) in [5, 5.41) is 19.4. The predicted octanol–water partition coefficient (Wildman–Crippen LogP) is 2.07. The number of fused-ring (bicyclic) bond motifs is 1. The van der Waals surface area contributed by atoms with Gasteiger partial charge in [-0.1, -0.05) is 30.3 Å². The van der Waals surface area contributed by atoms with E-state index in [9.17, 15) is 9.90 Å². The van der Waals surface area contributed by atoms with E-state index in [0.717, 1.165) is 16.8 Å². The summed E-state index contributed by atoms with van der Waals surface area (Å²) in [5.41, 5.74) is 8.71. The van der Waals surface area contributed by atoms with Crippen LogP contribution in [-0.4, -0.2) is 24.1 Å². The summed E-state index contributed by atoms with van der Waals surface area (Å²) >= 11 is 0. The van der Waals surface area contributed by atoms with Gasteiger partial charge in [0.05, 0.1) is 23.7 Å².